The number of aryl methyl sites for hydroxylation is 1. The van der Waals surface area contributed by atoms with Crippen LogP contribution < -0.4 is 19.5 Å². The van der Waals surface area contributed by atoms with Crippen LogP contribution in [0.4, 0.5) is 0 Å². The number of methoxy groups -OCH3 is 3. The summed E-state index contributed by atoms with van der Waals surface area (Å²) in [5.74, 6) is 1.98. The van der Waals surface area contributed by atoms with Gasteiger partial charge in [0.1, 0.15) is 15.6 Å². The number of para-hydroxylation sites is 1. The first-order valence-electron chi connectivity index (χ1n) is 9.17. The number of rotatable bonds is 8. The molecule has 6 nitrogen and oxygen atoms in total. The first-order valence-corrected chi connectivity index (χ1v) is 9.99. The minimum Gasteiger partial charge on any atom is -0.496 e. The summed E-state index contributed by atoms with van der Waals surface area (Å²) in [5.41, 5.74) is 2.64. The van der Waals surface area contributed by atoms with Crippen LogP contribution in [0.3, 0.4) is 0 Å². The number of hydrogen-bond donors (Lipinski definition) is 1. The average Bonchev–Trinajstić information content (AvgIpc) is 3.15. The smallest absolute Gasteiger partial charge is 0.263 e. The van der Waals surface area contributed by atoms with Crippen LogP contribution in [-0.2, 0) is 6.42 Å². The zero-order valence-electron chi connectivity index (χ0n) is 16.9. The normalized spacial score (nSPS) is 10.5. The van der Waals surface area contributed by atoms with Crippen molar-refractivity contribution < 1.29 is 19.0 Å². The van der Waals surface area contributed by atoms with Gasteiger partial charge in [-0.1, -0.05) is 18.2 Å². The highest BCUT2D eigenvalue weighted by Gasteiger charge is 2.17. The standard InChI is InChI=1S/C22H24N2O4S/c1-14-20(21(25)23-12-11-15-7-5-6-8-17(15)26-2)29-22(24-14)16-9-10-18(27-3)19(13-16)28-4/h5-10,13H,11-12H2,1-4H3,(H,23,25). The van der Waals surface area contributed by atoms with Gasteiger partial charge in [0.2, 0.25) is 0 Å². The van der Waals surface area contributed by atoms with E-state index in [9.17, 15) is 4.79 Å². The minimum atomic E-state index is -0.123. The maximum Gasteiger partial charge on any atom is 0.263 e. The Morgan fingerprint density at radius 2 is 1.72 bits per heavy atom. The van der Waals surface area contributed by atoms with Crippen LogP contribution in [0.15, 0.2) is 42.5 Å². The van der Waals surface area contributed by atoms with E-state index >= 15 is 0 Å². The van der Waals surface area contributed by atoms with E-state index in [1.165, 1.54) is 11.3 Å². The van der Waals surface area contributed by atoms with Crippen LogP contribution in [0.5, 0.6) is 17.2 Å². The van der Waals surface area contributed by atoms with Crippen LogP contribution in [0, 0.1) is 6.92 Å². The van der Waals surface area contributed by atoms with E-state index in [2.05, 4.69) is 10.3 Å². The number of carbonyl (C=O) groups excluding carboxylic acids is 1. The quantitative estimate of drug-likeness (QED) is 0.603. The lowest BCUT2D eigenvalue weighted by Crippen LogP contribution is -2.25. The van der Waals surface area contributed by atoms with Gasteiger partial charge in [-0.05, 0) is 43.2 Å². The van der Waals surface area contributed by atoms with Gasteiger partial charge < -0.3 is 19.5 Å². The van der Waals surface area contributed by atoms with Crippen LogP contribution in [-0.4, -0.2) is 38.8 Å². The molecule has 152 valence electrons. The van der Waals surface area contributed by atoms with Crippen LogP contribution in [0.1, 0.15) is 20.9 Å². The van der Waals surface area contributed by atoms with Crippen molar-refractivity contribution in [2.75, 3.05) is 27.9 Å². The number of carbonyl (C=O) groups is 1. The van der Waals surface area contributed by atoms with Gasteiger partial charge >= 0.3 is 0 Å². The van der Waals surface area contributed by atoms with Gasteiger partial charge in [-0.25, -0.2) is 4.98 Å². The van der Waals surface area contributed by atoms with Crippen LogP contribution in [0.25, 0.3) is 10.6 Å². The molecule has 7 heteroatoms. The summed E-state index contributed by atoms with van der Waals surface area (Å²) in [6.45, 7) is 2.36. The first kappa shape index (κ1) is 20.7. The number of amides is 1. The van der Waals surface area contributed by atoms with E-state index in [1.807, 2.05) is 49.4 Å². The molecule has 0 saturated heterocycles. The van der Waals surface area contributed by atoms with Crippen molar-refractivity contribution >= 4 is 17.2 Å². The molecule has 1 heterocycles. The summed E-state index contributed by atoms with van der Waals surface area (Å²) in [4.78, 5) is 17.8. The molecular formula is C22H24N2O4S. The highest BCUT2D eigenvalue weighted by Crippen LogP contribution is 2.35. The third-order valence-corrected chi connectivity index (χ3v) is 5.71. The van der Waals surface area contributed by atoms with Crippen molar-refractivity contribution in [1.82, 2.24) is 10.3 Å². The second-order valence-corrected chi connectivity index (χ2v) is 7.32. The van der Waals surface area contributed by atoms with Crippen molar-refractivity contribution in [3.63, 3.8) is 0 Å². The van der Waals surface area contributed by atoms with E-state index in [4.69, 9.17) is 14.2 Å². The number of nitrogens with zero attached hydrogens (tertiary/aromatic N) is 1. The largest absolute Gasteiger partial charge is 0.496 e. The lowest BCUT2D eigenvalue weighted by Gasteiger charge is -2.08. The molecule has 0 aliphatic heterocycles. The van der Waals surface area contributed by atoms with Crippen molar-refractivity contribution in [3.8, 4) is 27.8 Å². The molecule has 1 aromatic heterocycles. The number of thiazole rings is 1. The Balaban J connectivity index is 1.70. The maximum atomic E-state index is 12.7. The number of aromatic nitrogens is 1. The van der Waals surface area contributed by atoms with E-state index < -0.39 is 0 Å². The number of benzene rings is 2. The lowest BCUT2D eigenvalue weighted by atomic mass is 10.1. The molecule has 0 bridgehead atoms. The third-order valence-electron chi connectivity index (χ3n) is 4.51. The molecule has 29 heavy (non-hydrogen) atoms. The number of ether oxygens (including phenoxy) is 3. The molecule has 0 atom stereocenters. The van der Waals surface area contributed by atoms with Crippen molar-refractivity contribution in [2.24, 2.45) is 0 Å². The molecular weight excluding hydrogens is 388 g/mol. The number of hydrogen-bond acceptors (Lipinski definition) is 6. The Bertz CT molecular complexity index is 1000. The molecule has 0 unspecified atom stereocenters. The van der Waals surface area contributed by atoms with Crippen molar-refractivity contribution in [3.05, 3.63) is 58.6 Å². The average molecular weight is 413 g/mol. The minimum absolute atomic E-state index is 0.123. The molecule has 2 aromatic carbocycles. The fourth-order valence-electron chi connectivity index (χ4n) is 3.00. The maximum absolute atomic E-state index is 12.7. The van der Waals surface area contributed by atoms with Gasteiger partial charge in [-0.15, -0.1) is 11.3 Å². The first-order chi connectivity index (χ1) is 14.1. The highest BCUT2D eigenvalue weighted by atomic mass is 32.1. The van der Waals surface area contributed by atoms with Gasteiger partial charge in [-0.3, -0.25) is 4.79 Å². The Kier molecular flexibility index (Phi) is 6.72. The van der Waals surface area contributed by atoms with Crippen LogP contribution in [0.2, 0.25) is 0 Å². The molecule has 1 amide bonds. The van der Waals surface area contributed by atoms with Gasteiger partial charge in [0.15, 0.2) is 11.5 Å². The van der Waals surface area contributed by atoms with Gasteiger partial charge in [-0.2, -0.15) is 0 Å². The molecule has 0 radical (unpaired) electrons. The lowest BCUT2D eigenvalue weighted by molar-refractivity contribution is 0.0957. The highest BCUT2D eigenvalue weighted by molar-refractivity contribution is 7.17. The summed E-state index contributed by atoms with van der Waals surface area (Å²) in [7, 11) is 4.83. The van der Waals surface area contributed by atoms with Crippen molar-refractivity contribution in [1.29, 1.82) is 0 Å². The predicted octanol–water partition coefficient (Wildman–Crippen LogP) is 4.12. The van der Waals surface area contributed by atoms with Crippen molar-refractivity contribution in [2.45, 2.75) is 13.3 Å². The van der Waals surface area contributed by atoms with E-state index in [0.717, 1.165) is 21.9 Å². The SMILES string of the molecule is COc1ccccc1CCNC(=O)c1sc(-c2ccc(OC)c(OC)c2)nc1C. The fourth-order valence-corrected chi connectivity index (χ4v) is 3.98. The van der Waals surface area contributed by atoms with Gasteiger partial charge in [0, 0.05) is 12.1 Å². The molecule has 0 aliphatic rings. The molecule has 0 aliphatic carbocycles. The second-order valence-electron chi connectivity index (χ2n) is 6.32. The Morgan fingerprint density at radius 3 is 2.45 bits per heavy atom. The Morgan fingerprint density at radius 1 is 1.00 bits per heavy atom. The van der Waals surface area contributed by atoms with E-state index in [1.54, 1.807) is 21.3 Å². The van der Waals surface area contributed by atoms with E-state index in [0.29, 0.717) is 35.0 Å². The third kappa shape index (κ3) is 4.68. The van der Waals surface area contributed by atoms with E-state index in [-0.39, 0.29) is 5.91 Å². The number of nitrogens with one attached hydrogen (secondary N) is 1. The monoisotopic (exact) mass is 412 g/mol. The summed E-state index contributed by atoms with van der Waals surface area (Å²) < 4.78 is 16.0. The molecule has 0 spiro atoms. The topological polar surface area (TPSA) is 69.7 Å². The summed E-state index contributed by atoms with van der Waals surface area (Å²) >= 11 is 1.36. The molecule has 1 N–H and O–H groups in total. The van der Waals surface area contributed by atoms with Gasteiger partial charge in [0.05, 0.1) is 27.0 Å². The summed E-state index contributed by atoms with van der Waals surface area (Å²) in [6, 6.07) is 13.4. The second kappa shape index (κ2) is 9.43. The summed E-state index contributed by atoms with van der Waals surface area (Å²) in [6.07, 6.45) is 0.691. The molecule has 0 fully saturated rings. The summed E-state index contributed by atoms with van der Waals surface area (Å²) in [5, 5.41) is 3.74. The zero-order valence-corrected chi connectivity index (χ0v) is 17.8. The van der Waals surface area contributed by atoms with Gasteiger partial charge in [0.25, 0.3) is 5.91 Å². The Labute approximate surface area is 174 Å². The predicted molar refractivity (Wildman–Crippen MR) is 114 cm³/mol. The Hall–Kier alpha value is -3.06. The fraction of sp³-hybridized carbons (Fsp3) is 0.273. The van der Waals surface area contributed by atoms with Crippen LogP contribution >= 0.6 is 11.3 Å². The molecule has 0 saturated carbocycles. The molecule has 3 rings (SSSR count). The molecule has 3 aromatic rings. The zero-order chi connectivity index (χ0) is 20.8.